The molecule has 0 unspecified atom stereocenters. The van der Waals surface area contributed by atoms with Gasteiger partial charge < -0.3 is 30.0 Å². The van der Waals surface area contributed by atoms with Crippen LogP contribution in [0.2, 0.25) is 5.02 Å². The second kappa shape index (κ2) is 17.2. The number of hydrogen-bond acceptors (Lipinski definition) is 10. The van der Waals surface area contributed by atoms with E-state index >= 15 is 0 Å². The SMILES string of the molecule is COCC(C)(C)COc1nn(CC2CCC(N3[C@@H]4CC[C@H]3COC4)CC2)cc1Nc1ncc(-c2ccc(Cl)c(O[C@@H](C)CN=CN=CN)c2)cn1. The van der Waals surface area contributed by atoms with Crippen molar-refractivity contribution in [2.24, 2.45) is 27.1 Å². The fraction of sp³-hybridized carbons (Fsp3) is 0.595. The van der Waals surface area contributed by atoms with Gasteiger partial charge in [0.2, 0.25) is 5.95 Å². The highest BCUT2D eigenvalue weighted by Crippen LogP contribution is 2.38. The Morgan fingerprint density at radius 1 is 1.06 bits per heavy atom. The van der Waals surface area contributed by atoms with Crippen LogP contribution in [0.15, 0.2) is 46.8 Å². The minimum atomic E-state index is -0.220. The fourth-order valence-electron chi connectivity index (χ4n) is 7.50. The van der Waals surface area contributed by atoms with Gasteiger partial charge in [-0.1, -0.05) is 31.5 Å². The van der Waals surface area contributed by atoms with Crippen molar-refractivity contribution in [2.75, 3.05) is 45.4 Å². The van der Waals surface area contributed by atoms with Gasteiger partial charge in [0, 0.05) is 55.2 Å². The lowest BCUT2D eigenvalue weighted by Crippen LogP contribution is -2.52. The number of ether oxygens (including phenoxy) is 4. The third kappa shape index (κ3) is 9.76. The largest absolute Gasteiger partial charge is 0.487 e. The zero-order chi connectivity index (χ0) is 35.8. The summed E-state index contributed by atoms with van der Waals surface area (Å²) in [5, 5.41) is 8.77. The van der Waals surface area contributed by atoms with Gasteiger partial charge in [-0.25, -0.2) is 15.0 Å². The van der Waals surface area contributed by atoms with E-state index in [0.717, 1.165) is 36.6 Å². The Balaban J connectivity index is 1.11. The molecule has 3 aliphatic rings. The first-order valence-corrected chi connectivity index (χ1v) is 18.4. The first kappa shape index (κ1) is 37.0. The molecule has 276 valence electrons. The molecule has 2 aromatic heterocycles. The monoisotopic (exact) mass is 721 g/mol. The number of halogens is 1. The maximum Gasteiger partial charge on any atom is 0.256 e. The highest BCUT2D eigenvalue weighted by atomic mass is 35.5. The van der Waals surface area contributed by atoms with Gasteiger partial charge in [-0.05, 0) is 69.1 Å². The standard InChI is InChI=1S/C37H52ClN9O4/c1-25(14-40-24-41-23-39)51-34-13-27(7-12-32(34)38)28-15-42-36(43-16-28)44-33-18-46(45-35(33)50-22-37(2,3)21-48-4)17-26-5-8-29(9-6-26)47-30-10-11-31(47)20-49-19-30/h7,12-13,15-16,18,23-26,29-31H,5-6,8-11,14,17,19-22H2,1-4H3,(H2,39,40,41)(H,42,43,44)/t25-,26?,29?,30-,31+/m0/s1. The average molecular weight is 722 g/mol. The molecule has 4 heterocycles. The Hall–Kier alpha value is -3.78. The number of benzene rings is 1. The van der Waals surface area contributed by atoms with Crippen LogP contribution in [-0.4, -0.2) is 102 Å². The van der Waals surface area contributed by atoms with Crippen LogP contribution in [-0.2, 0) is 16.0 Å². The van der Waals surface area contributed by atoms with E-state index in [1.807, 2.05) is 29.9 Å². The molecule has 0 radical (unpaired) electrons. The lowest BCUT2D eigenvalue weighted by Gasteiger charge is -2.43. The maximum atomic E-state index is 6.45. The molecule has 2 aliphatic heterocycles. The molecule has 0 amide bonds. The summed E-state index contributed by atoms with van der Waals surface area (Å²) in [4.78, 5) is 20.0. The molecule has 3 aromatic rings. The van der Waals surface area contributed by atoms with Crippen LogP contribution in [0, 0.1) is 11.3 Å². The zero-order valence-corrected chi connectivity index (χ0v) is 31.0. The molecule has 14 heteroatoms. The van der Waals surface area contributed by atoms with Crippen LogP contribution in [0.1, 0.15) is 59.3 Å². The molecule has 0 spiro atoms. The van der Waals surface area contributed by atoms with Crippen LogP contribution in [0.25, 0.3) is 11.1 Å². The molecule has 3 atom stereocenters. The van der Waals surface area contributed by atoms with Crippen LogP contribution in [0.3, 0.4) is 0 Å². The van der Waals surface area contributed by atoms with E-state index in [0.29, 0.717) is 66.4 Å². The molecule has 3 fully saturated rings. The number of nitrogens with zero attached hydrogens (tertiary/aromatic N) is 7. The molecular weight excluding hydrogens is 670 g/mol. The van der Waals surface area contributed by atoms with Crippen molar-refractivity contribution in [1.29, 1.82) is 0 Å². The molecule has 1 aliphatic carbocycles. The number of aromatic nitrogens is 4. The van der Waals surface area contributed by atoms with E-state index in [-0.39, 0.29) is 11.5 Å². The van der Waals surface area contributed by atoms with Crippen molar-refractivity contribution in [1.82, 2.24) is 24.6 Å². The van der Waals surface area contributed by atoms with Gasteiger partial charge in [0.1, 0.15) is 23.9 Å². The van der Waals surface area contributed by atoms with E-state index in [9.17, 15) is 0 Å². The lowest BCUT2D eigenvalue weighted by atomic mass is 9.84. The summed E-state index contributed by atoms with van der Waals surface area (Å²) in [5.74, 6) is 2.08. The van der Waals surface area contributed by atoms with Gasteiger partial charge in [-0.2, -0.15) is 0 Å². The van der Waals surface area contributed by atoms with E-state index in [1.54, 1.807) is 25.6 Å². The van der Waals surface area contributed by atoms with Crippen molar-refractivity contribution in [3.05, 3.63) is 41.8 Å². The van der Waals surface area contributed by atoms with Crippen LogP contribution < -0.4 is 20.5 Å². The minimum absolute atomic E-state index is 0.184. The summed E-state index contributed by atoms with van der Waals surface area (Å²) in [7, 11) is 1.71. The van der Waals surface area contributed by atoms with Gasteiger partial charge in [0.15, 0.2) is 0 Å². The van der Waals surface area contributed by atoms with Crippen LogP contribution in [0.5, 0.6) is 11.6 Å². The van der Waals surface area contributed by atoms with Gasteiger partial charge in [-0.15, -0.1) is 5.10 Å². The number of nitrogens with one attached hydrogen (secondary N) is 1. The summed E-state index contributed by atoms with van der Waals surface area (Å²) < 4.78 is 25.6. The molecule has 1 aromatic carbocycles. The molecule has 51 heavy (non-hydrogen) atoms. The highest BCUT2D eigenvalue weighted by molar-refractivity contribution is 6.32. The Morgan fingerprint density at radius 3 is 2.49 bits per heavy atom. The third-order valence-corrected chi connectivity index (χ3v) is 10.2. The summed E-state index contributed by atoms with van der Waals surface area (Å²) in [6.07, 6.45) is 15.3. The number of nitrogens with two attached hydrogens (primary N) is 1. The Bertz CT molecular complexity index is 1610. The van der Waals surface area contributed by atoms with E-state index in [4.69, 9.17) is 41.4 Å². The van der Waals surface area contributed by atoms with Gasteiger partial charge in [0.05, 0.1) is 50.5 Å². The summed E-state index contributed by atoms with van der Waals surface area (Å²) in [6.45, 7) is 10.2. The van der Waals surface area contributed by atoms with Crippen molar-refractivity contribution in [3.63, 3.8) is 0 Å². The third-order valence-electron chi connectivity index (χ3n) is 9.93. The topological polar surface area (TPSA) is 147 Å². The highest BCUT2D eigenvalue weighted by Gasteiger charge is 2.42. The number of hydrogen-bond donors (Lipinski definition) is 2. The number of morpholine rings is 1. The molecule has 2 saturated heterocycles. The quantitative estimate of drug-likeness (QED) is 0.134. The predicted octanol–water partition coefficient (Wildman–Crippen LogP) is 5.99. The summed E-state index contributed by atoms with van der Waals surface area (Å²) in [6, 6.07) is 7.50. The maximum absolute atomic E-state index is 6.45. The molecule has 2 bridgehead atoms. The second-order valence-electron chi connectivity index (χ2n) is 14.8. The Kier molecular flexibility index (Phi) is 12.4. The number of fused-ring (bicyclic) bond motifs is 2. The van der Waals surface area contributed by atoms with Gasteiger partial charge in [0.25, 0.3) is 5.88 Å². The minimum Gasteiger partial charge on any atom is -0.487 e. The predicted molar refractivity (Wildman–Crippen MR) is 200 cm³/mol. The second-order valence-corrected chi connectivity index (χ2v) is 15.2. The first-order chi connectivity index (χ1) is 24.7. The van der Waals surface area contributed by atoms with E-state index in [1.165, 1.54) is 51.2 Å². The molecule has 1 saturated carbocycles. The first-order valence-electron chi connectivity index (χ1n) is 18.0. The normalized spacial score (nSPS) is 23.2. The summed E-state index contributed by atoms with van der Waals surface area (Å²) >= 11 is 6.45. The lowest BCUT2D eigenvalue weighted by molar-refractivity contribution is -0.0464. The smallest absolute Gasteiger partial charge is 0.256 e. The summed E-state index contributed by atoms with van der Waals surface area (Å²) in [5.41, 5.74) is 7.48. The average Bonchev–Trinajstić information content (AvgIpc) is 3.61. The molecule has 6 rings (SSSR count). The Morgan fingerprint density at radius 2 is 1.78 bits per heavy atom. The molecule has 13 nitrogen and oxygen atoms in total. The molecule has 3 N–H and O–H groups in total. The Labute approximate surface area is 306 Å². The fourth-order valence-corrected chi connectivity index (χ4v) is 7.66. The number of anilines is 2. The van der Waals surface area contributed by atoms with Crippen molar-refractivity contribution in [2.45, 2.75) is 90.1 Å². The van der Waals surface area contributed by atoms with Crippen LogP contribution in [0.4, 0.5) is 11.6 Å². The number of rotatable bonds is 16. The van der Waals surface area contributed by atoms with Crippen molar-refractivity contribution >= 4 is 35.9 Å². The number of methoxy groups -OCH3 is 1. The van der Waals surface area contributed by atoms with Crippen molar-refractivity contribution in [3.8, 4) is 22.8 Å². The van der Waals surface area contributed by atoms with Crippen molar-refractivity contribution < 1.29 is 18.9 Å². The number of aliphatic imine (C=N–C) groups is 2. The molecular formula is C37H52ClN9O4. The van der Waals surface area contributed by atoms with E-state index in [2.05, 4.69) is 44.0 Å². The zero-order valence-electron chi connectivity index (χ0n) is 30.2. The van der Waals surface area contributed by atoms with Gasteiger partial charge >= 0.3 is 0 Å². The van der Waals surface area contributed by atoms with Crippen LogP contribution >= 0.6 is 11.6 Å². The van der Waals surface area contributed by atoms with Gasteiger partial charge in [-0.3, -0.25) is 14.6 Å². The van der Waals surface area contributed by atoms with E-state index < -0.39 is 0 Å².